The van der Waals surface area contributed by atoms with Gasteiger partial charge in [0.1, 0.15) is 5.60 Å². The lowest BCUT2D eigenvalue weighted by Gasteiger charge is -2.29. The zero-order valence-electron chi connectivity index (χ0n) is 20.7. The number of carbonyl (C=O) groups is 1. The van der Waals surface area contributed by atoms with Crippen molar-refractivity contribution in [2.24, 2.45) is 0 Å². The topological polar surface area (TPSA) is 119 Å². The molecule has 0 saturated heterocycles. The third-order valence-corrected chi connectivity index (χ3v) is 6.40. The van der Waals surface area contributed by atoms with Gasteiger partial charge in [0.25, 0.3) is 0 Å². The molecule has 1 aromatic heterocycles. The standard InChI is InChI=1S/C25H37N5O4S/c1-25(2,3)34-24(31)27-15-16-30(35(32)33)21-9-10-22(29-20-7-5-4-6-8-20)23(17-21)28-18-19-11-13-26-14-12-19/h9-14,17,20,28-29H,4-8,15-16,18H2,1-3H3,(H,27,31)(H,32,33)/p-1. The van der Waals surface area contributed by atoms with E-state index in [1.165, 1.54) is 23.6 Å². The molecule has 9 nitrogen and oxygen atoms in total. The Bertz CT molecular complexity index is 978. The molecular formula is C25H36N5O4S-. The van der Waals surface area contributed by atoms with Gasteiger partial charge in [0, 0.05) is 49.3 Å². The van der Waals surface area contributed by atoms with E-state index in [-0.39, 0.29) is 13.1 Å². The van der Waals surface area contributed by atoms with Gasteiger partial charge in [0.2, 0.25) is 0 Å². The molecule has 1 fully saturated rings. The van der Waals surface area contributed by atoms with E-state index in [2.05, 4.69) is 20.9 Å². The summed E-state index contributed by atoms with van der Waals surface area (Å²) < 4.78 is 30.5. The number of benzene rings is 1. The van der Waals surface area contributed by atoms with Gasteiger partial charge in [0.15, 0.2) is 0 Å². The summed E-state index contributed by atoms with van der Waals surface area (Å²) in [7, 11) is 0. The average molecular weight is 503 g/mol. The first-order chi connectivity index (χ1) is 16.7. The minimum atomic E-state index is -2.51. The van der Waals surface area contributed by atoms with Crippen molar-refractivity contribution in [1.82, 2.24) is 10.3 Å². The molecular weight excluding hydrogens is 466 g/mol. The molecule has 0 bridgehead atoms. The molecule has 1 atom stereocenters. The van der Waals surface area contributed by atoms with Crippen molar-refractivity contribution in [3.63, 3.8) is 0 Å². The summed E-state index contributed by atoms with van der Waals surface area (Å²) in [6, 6.07) is 9.81. The second-order valence-electron chi connectivity index (χ2n) is 9.67. The SMILES string of the molecule is CC(C)(C)OC(=O)NCCN(c1ccc(NC2CCCCC2)c(NCc2ccncc2)c1)S(=O)[O-]. The second kappa shape index (κ2) is 12.7. The van der Waals surface area contributed by atoms with Gasteiger partial charge in [-0.3, -0.25) is 9.19 Å². The molecule has 0 spiro atoms. The maximum absolute atomic E-state index is 12.0. The number of anilines is 3. The van der Waals surface area contributed by atoms with Crippen LogP contribution in [0.2, 0.25) is 0 Å². The van der Waals surface area contributed by atoms with Crippen molar-refractivity contribution < 1.29 is 18.3 Å². The van der Waals surface area contributed by atoms with Gasteiger partial charge in [-0.25, -0.2) is 4.79 Å². The summed E-state index contributed by atoms with van der Waals surface area (Å²) in [5.41, 5.74) is 2.72. The fourth-order valence-corrected chi connectivity index (χ4v) is 4.51. The lowest BCUT2D eigenvalue weighted by molar-refractivity contribution is 0.0529. The number of hydrogen-bond donors (Lipinski definition) is 3. The number of aromatic nitrogens is 1. The van der Waals surface area contributed by atoms with E-state index < -0.39 is 23.0 Å². The van der Waals surface area contributed by atoms with Crippen molar-refractivity contribution in [2.45, 2.75) is 71.1 Å². The van der Waals surface area contributed by atoms with Crippen LogP contribution in [0.25, 0.3) is 0 Å². The van der Waals surface area contributed by atoms with Crippen LogP contribution in [0.15, 0.2) is 42.7 Å². The van der Waals surface area contributed by atoms with Gasteiger partial charge in [-0.15, -0.1) is 0 Å². The van der Waals surface area contributed by atoms with Crippen LogP contribution in [0.3, 0.4) is 0 Å². The number of hydrogen-bond acceptors (Lipinski definition) is 7. The molecule has 2 aromatic rings. The molecule has 1 unspecified atom stereocenters. The highest BCUT2D eigenvalue weighted by Gasteiger charge is 2.18. The first-order valence-corrected chi connectivity index (χ1v) is 13.1. The van der Waals surface area contributed by atoms with Crippen molar-refractivity contribution in [1.29, 1.82) is 0 Å². The predicted molar refractivity (Wildman–Crippen MR) is 139 cm³/mol. The monoisotopic (exact) mass is 502 g/mol. The number of nitrogens with zero attached hydrogens (tertiary/aromatic N) is 2. The van der Waals surface area contributed by atoms with Gasteiger partial charge in [-0.1, -0.05) is 19.3 Å². The summed E-state index contributed by atoms with van der Waals surface area (Å²) in [6.45, 7) is 6.09. The second-order valence-corrected chi connectivity index (χ2v) is 10.5. The lowest BCUT2D eigenvalue weighted by atomic mass is 9.95. The molecule has 1 aromatic carbocycles. The Morgan fingerprint density at radius 2 is 1.86 bits per heavy atom. The van der Waals surface area contributed by atoms with Crippen LogP contribution in [0.4, 0.5) is 21.9 Å². The number of amides is 1. The molecule has 0 radical (unpaired) electrons. The molecule has 1 amide bonds. The van der Waals surface area contributed by atoms with Crippen LogP contribution in [-0.2, 0) is 22.5 Å². The van der Waals surface area contributed by atoms with E-state index >= 15 is 0 Å². The highest BCUT2D eigenvalue weighted by atomic mass is 32.2. The summed E-state index contributed by atoms with van der Waals surface area (Å²) >= 11 is -2.51. The quantitative estimate of drug-likeness (QED) is 0.407. The molecule has 1 saturated carbocycles. The maximum atomic E-state index is 12.0. The van der Waals surface area contributed by atoms with E-state index in [9.17, 15) is 13.6 Å². The minimum absolute atomic E-state index is 0.0779. The van der Waals surface area contributed by atoms with Crippen LogP contribution >= 0.6 is 0 Å². The predicted octanol–water partition coefficient (Wildman–Crippen LogP) is 4.56. The van der Waals surface area contributed by atoms with E-state index in [0.29, 0.717) is 18.3 Å². The molecule has 1 aliphatic carbocycles. The van der Waals surface area contributed by atoms with E-state index in [4.69, 9.17) is 4.74 Å². The summed E-state index contributed by atoms with van der Waals surface area (Å²) in [6.07, 6.45) is 8.85. The smallest absolute Gasteiger partial charge is 0.407 e. The molecule has 3 rings (SSSR count). The first kappa shape index (κ1) is 26.7. The Morgan fingerprint density at radius 1 is 1.14 bits per heavy atom. The molecule has 10 heteroatoms. The van der Waals surface area contributed by atoms with Gasteiger partial charge in [0.05, 0.1) is 17.1 Å². The van der Waals surface area contributed by atoms with Crippen molar-refractivity contribution in [3.8, 4) is 0 Å². The van der Waals surface area contributed by atoms with Crippen LogP contribution in [-0.4, -0.2) is 44.6 Å². The first-order valence-electron chi connectivity index (χ1n) is 12.1. The van der Waals surface area contributed by atoms with E-state index in [1.54, 1.807) is 39.2 Å². The normalized spacial score (nSPS) is 15.2. The number of rotatable bonds is 10. The number of carbonyl (C=O) groups excluding carboxylic acids is 1. The van der Waals surface area contributed by atoms with Crippen molar-refractivity contribution in [2.75, 3.05) is 28.0 Å². The largest absolute Gasteiger partial charge is 0.755 e. The number of pyridine rings is 1. The van der Waals surface area contributed by atoms with E-state index in [1.807, 2.05) is 24.3 Å². The van der Waals surface area contributed by atoms with Gasteiger partial charge in [-0.05, 0) is 69.5 Å². The lowest BCUT2D eigenvalue weighted by Crippen LogP contribution is -2.38. The fourth-order valence-electron chi connectivity index (χ4n) is 3.99. The van der Waals surface area contributed by atoms with Gasteiger partial charge < -0.3 is 29.5 Å². The zero-order valence-corrected chi connectivity index (χ0v) is 21.5. The molecule has 1 aliphatic rings. The zero-order chi connectivity index (χ0) is 25.3. The highest BCUT2D eigenvalue weighted by molar-refractivity contribution is 7.80. The minimum Gasteiger partial charge on any atom is -0.755 e. The van der Waals surface area contributed by atoms with Crippen LogP contribution < -0.4 is 20.3 Å². The molecule has 3 N–H and O–H groups in total. The highest BCUT2D eigenvalue weighted by Crippen LogP contribution is 2.31. The van der Waals surface area contributed by atoms with Crippen LogP contribution in [0.1, 0.15) is 58.4 Å². The summed E-state index contributed by atoms with van der Waals surface area (Å²) in [4.78, 5) is 16.0. The summed E-state index contributed by atoms with van der Waals surface area (Å²) in [5.74, 6) is 0. The Kier molecular flexibility index (Phi) is 9.73. The number of nitrogens with one attached hydrogen (secondary N) is 3. The Labute approximate surface area is 210 Å². The van der Waals surface area contributed by atoms with Crippen molar-refractivity contribution in [3.05, 3.63) is 48.3 Å². The maximum Gasteiger partial charge on any atom is 0.407 e. The Balaban J connectivity index is 1.74. The Hall–Kier alpha value is -2.85. The van der Waals surface area contributed by atoms with Gasteiger partial charge in [-0.2, -0.15) is 0 Å². The average Bonchev–Trinajstić information content (AvgIpc) is 2.81. The van der Waals surface area contributed by atoms with E-state index in [0.717, 1.165) is 29.8 Å². The Morgan fingerprint density at radius 3 is 2.51 bits per heavy atom. The van der Waals surface area contributed by atoms with Gasteiger partial charge >= 0.3 is 6.09 Å². The molecule has 192 valence electrons. The third-order valence-electron chi connectivity index (χ3n) is 5.65. The number of ether oxygens (including phenoxy) is 1. The molecule has 0 aliphatic heterocycles. The van der Waals surface area contributed by atoms with Crippen LogP contribution in [0.5, 0.6) is 0 Å². The number of alkyl carbamates (subject to hydrolysis) is 1. The fraction of sp³-hybridized carbons (Fsp3) is 0.520. The molecule has 35 heavy (non-hydrogen) atoms. The summed E-state index contributed by atoms with van der Waals surface area (Å²) in [5, 5.41) is 9.70. The third kappa shape index (κ3) is 9.03. The van der Waals surface area contributed by atoms with Crippen molar-refractivity contribution >= 4 is 34.4 Å². The van der Waals surface area contributed by atoms with Crippen LogP contribution in [0, 0.1) is 0 Å². The molecule has 1 heterocycles.